The van der Waals surface area contributed by atoms with Crippen LogP contribution in [0.4, 0.5) is 0 Å². The average molecular weight is 1130 g/mol. The Morgan fingerprint density at radius 3 is 1.38 bits per heavy atom. The molecular weight excluding hydrogens is 1070 g/mol. The number of hydrogen-bond acceptors (Lipinski definition) is 3. The molecule has 0 radical (unpaired) electrons. The van der Waals surface area contributed by atoms with E-state index in [4.69, 9.17) is 14.4 Å². The lowest BCUT2D eigenvalue weighted by Gasteiger charge is -2.18. The second kappa shape index (κ2) is 19.1. The largest absolute Gasteiger partial charge is 0.456 e. The average Bonchev–Trinajstić information content (AvgIpc) is 1.97. The number of benzene rings is 11. The van der Waals surface area contributed by atoms with Gasteiger partial charge in [-0.15, -0.1) is 0 Å². The van der Waals surface area contributed by atoms with E-state index in [0.29, 0.717) is 0 Å². The number of nitrogens with zero attached hydrogens (tertiary/aromatic N) is 6. The summed E-state index contributed by atoms with van der Waals surface area (Å²) in [6.07, 6.45) is 4.80. The molecule has 0 amide bonds. The van der Waals surface area contributed by atoms with Crippen LogP contribution >= 0.6 is 0 Å². The van der Waals surface area contributed by atoms with Crippen molar-refractivity contribution in [2.24, 2.45) is 5.41 Å². The number of aromatic nitrogens is 6. The molecule has 0 fully saturated rings. The maximum atomic E-state index is 6.64. The van der Waals surface area contributed by atoms with Crippen molar-refractivity contribution >= 4 is 109 Å². The summed E-state index contributed by atoms with van der Waals surface area (Å²) in [5.74, 6) is 0. The van der Waals surface area contributed by atoms with E-state index in [0.717, 1.165) is 134 Å². The van der Waals surface area contributed by atoms with Gasteiger partial charge in [-0.3, -0.25) is 9.97 Å². The number of hydrogen-bond donors (Lipinski definition) is 0. The molecule has 7 nitrogen and oxygen atoms in total. The Balaban J connectivity index is 0.725. The van der Waals surface area contributed by atoms with E-state index >= 15 is 0 Å². The van der Waals surface area contributed by atoms with Gasteiger partial charge in [0.05, 0.1) is 55.2 Å². The minimum atomic E-state index is 0.172. The van der Waals surface area contributed by atoms with Gasteiger partial charge in [0.1, 0.15) is 11.2 Å². The molecule has 0 aliphatic carbocycles. The molecule has 0 saturated heterocycles. The molecule has 0 spiro atoms. The number of para-hydroxylation sites is 3. The van der Waals surface area contributed by atoms with Gasteiger partial charge in [0, 0.05) is 78.2 Å². The Hall–Kier alpha value is -11.3. The van der Waals surface area contributed by atoms with Gasteiger partial charge >= 0.3 is 0 Å². The van der Waals surface area contributed by atoms with Crippen LogP contribution in [0, 0.1) is 5.41 Å². The number of pyridine rings is 2. The lowest BCUT2D eigenvalue weighted by atomic mass is 9.87. The van der Waals surface area contributed by atoms with Crippen LogP contribution in [0.3, 0.4) is 0 Å². The van der Waals surface area contributed by atoms with E-state index in [1.165, 1.54) is 43.7 Å². The number of furan rings is 1. The molecule has 0 atom stereocenters. The molecule has 18 aromatic rings. The predicted molar refractivity (Wildman–Crippen MR) is 366 cm³/mol. The van der Waals surface area contributed by atoms with E-state index in [-0.39, 0.29) is 5.41 Å². The van der Waals surface area contributed by atoms with Crippen molar-refractivity contribution in [1.29, 1.82) is 0 Å². The Kier molecular flexibility index (Phi) is 10.9. The van der Waals surface area contributed by atoms with Crippen LogP contribution in [0.1, 0.15) is 26.3 Å². The molecule has 416 valence electrons. The molecular formula is C81H56N6O. The van der Waals surface area contributed by atoms with E-state index < -0.39 is 0 Å². The fourth-order valence-electron chi connectivity index (χ4n) is 14.3. The molecule has 18 rings (SSSR count). The molecule has 7 aromatic heterocycles. The van der Waals surface area contributed by atoms with Crippen molar-refractivity contribution in [2.75, 3.05) is 0 Å². The molecule has 7 heterocycles. The van der Waals surface area contributed by atoms with Crippen LogP contribution in [0.15, 0.2) is 278 Å². The Morgan fingerprint density at radius 1 is 0.284 bits per heavy atom. The second-order valence-corrected chi connectivity index (χ2v) is 24.8. The molecule has 11 aromatic carbocycles. The van der Waals surface area contributed by atoms with E-state index in [1.807, 2.05) is 24.5 Å². The molecule has 88 heavy (non-hydrogen) atoms. The highest BCUT2D eigenvalue weighted by atomic mass is 16.3. The molecule has 0 N–H and O–H groups in total. The van der Waals surface area contributed by atoms with Crippen molar-refractivity contribution in [3.05, 3.63) is 279 Å². The summed E-state index contributed by atoms with van der Waals surface area (Å²) in [5.41, 5.74) is 25.5. The van der Waals surface area contributed by atoms with Crippen LogP contribution < -0.4 is 0 Å². The highest BCUT2D eigenvalue weighted by molar-refractivity contribution is 6.15. The van der Waals surface area contributed by atoms with Crippen molar-refractivity contribution in [2.45, 2.75) is 27.2 Å². The zero-order chi connectivity index (χ0) is 58.4. The SMILES string of the molecule is CC(C)(C)Cc1ccc2c(c1)c1cc(-c3ccc4oc5ccc(-n6c7ccccc7c7ccc(-c8cccc(-n9c%10ccc(-c%11ccc%12c(c%11)c%11ncccc%11n%12-c%11ccccc%11)cc%10c%10ncccc%109)c8)cc76)cc5c4c3)ccc1n2-c1ccccc1. The minimum Gasteiger partial charge on any atom is -0.456 e. The fraction of sp³-hybridized carbons (Fsp3) is 0.0617. The second-order valence-electron chi connectivity index (χ2n) is 24.8. The zero-order valence-corrected chi connectivity index (χ0v) is 48.8. The highest BCUT2D eigenvalue weighted by Crippen LogP contribution is 2.43. The smallest absolute Gasteiger partial charge is 0.135 e. The van der Waals surface area contributed by atoms with Crippen molar-refractivity contribution in [3.63, 3.8) is 0 Å². The highest BCUT2D eigenvalue weighted by Gasteiger charge is 2.22. The van der Waals surface area contributed by atoms with Gasteiger partial charge in [-0.2, -0.15) is 0 Å². The first-order chi connectivity index (χ1) is 43.2. The van der Waals surface area contributed by atoms with Crippen LogP contribution in [-0.2, 0) is 6.42 Å². The molecule has 0 unspecified atom stereocenters. The van der Waals surface area contributed by atoms with Crippen LogP contribution in [0.25, 0.3) is 166 Å². The Morgan fingerprint density at radius 2 is 0.716 bits per heavy atom. The van der Waals surface area contributed by atoms with Gasteiger partial charge in [-0.05, 0) is 202 Å². The Bertz CT molecular complexity index is 5890. The minimum absolute atomic E-state index is 0.172. The van der Waals surface area contributed by atoms with Crippen molar-refractivity contribution in [3.8, 4) is 56.1 Å². The summed E-state index contributed by atoms with van der Waals surface area (Å²) >= 11 is 0. The first-order valence-electron chi connectivity index (χ1n) is 30.3. The van der Waals surface area contributed by atoms with Crippen molar-refractivity contribution < 1.29 is 4.42 Å². The first kappa shape index (κ1) is 50.1. The van der Waals surface area contributed by atoms with Gasteiger partial charge in [0.25, 0.3) is 0 Å². The zero-order valence-electron chi connectivity index (χ0n) is 48.8. The normalized spacial score (nSPS) is 12.3. The topological polar surface area (TPSA) is 58.6 Å². The third-order valence-electron chi connectivity index (χ3n) is 18.1. The van der Waals surface area contributed by atoms with Gasteiger partial charge < -0.3 is 22.7 Å². The third kappa shape index (κ3) is 7.83. The molecule has 7 heteroatoms. The maximum Gasteiger partial charge on any atom is 0.135 e. The van der Waals surface area contributed by atoms with Gasteiger partial charge in [-0.25, -0.2) is 0 Å². The summed E-state index contributed by atoms with van der Waals surface area (Å²) < 4.78 is 16.1. The Labute approximate surface area is 506 Å². The van der Waals surface area contributed by atoms with E-state index in [1.54, 1.807) is 0 Å². The molecule has 0 bridgehead atoms. The number of rotatable bonds is 8. The van der Waals surface area contributed by atoms with Crippen LogP contribution in [-0.4, -0.2) is 28.2 Å². The van der Waals surface area contributed by atoms with E-state index in [9.17, 15) is 0 Å². The summed E-state index contributed by atoms with van der Waals surface area (Å²) in [6, 6.07) is 95.2. The lowest BCUT2D eigenvalue weighted by molar-refractivity contribution is 0.411. The first-order valence-corrected chi connectivity index (χ1v) is 30.3. The van der Waals surface area contributed by atoms with Gasteiger partial charge in [0.15, 0.2) is 0 Å². The van der Waals surface area contributed by atoms with E-state index in [2.05, 4.69) is 288 Å². The van der Waals surface area contributed by atoms with Gasteiger partial charge in [0.2, 0.25) is 0 Å². The summed E-state index contributed by atoms with van der Waals surface area (Å²) in [6.45, 7) is 6.94. The van der Waals surface area contributed by atoms with Crippen molar-refractivity contribution in [1.82, 2.24) is 28.2 Å². The van der Waals surface area contributed by atoms with Crippen LogP contribution in [0.5, 0.6) is 0 Å². The number of fused-ring (bicyclic) bond motifs is 15. The quantitative estimate of drug-likeness (QED) is 0.152. The molecule has 0 aliphatic rings. The van der Waals surface area contributed by atoms with Gasteiger partial charge in [-0.1, -0.05) is 130 Å². The predicted octanol–water partition coefficient (Wildman–Crippen LogP) is 21.4. The molecule has 0 aliphatic heterocycles. The fourth-order valence-corrected chi connectivity index (χ4v) is 14.3. The standard InChI is InChI=1S/C81H56N6O/c1-81(2,3)49-50-25-33-70-63(41-50)64-43-52(27-34-71(64)84(70)57-16-6-4-7-17-57)55-30-37-77-65(44-55)66-48-60(31-38-78(66)88-77)87-69-22-11-10-21-61(69)62-32-26-56(47-76(62)87)51-15-12-20-59(42-51)86-73-36-29-54(46-68(73)80-75(86)24-14-40-83-80)53-28-35-72-67(45-53)79-74(23-13-39-82-79)85(72)58-18-8-5-9-19-58/h4-48H,49H2,1-3H3. The maximum absolute atomic E-state index is 6.64. The summed E-state index contributed by atoms with van der Waals surface area (Å²) in [5, 5.41) is 9.31. The monoisotopic (exact) mass is 1130 g/mol. The summed E-state index contributed by atoms with van der Waals surface area (Å²) in [4.78, 5) is 9.94. The molecule has 0 saturated carbocycles. The third-order valence-corrected chi connectivity index (χ3v) is 18.1. The summed E-state index contributed by atoms with van der Waals surface area (Å²) in [7, 11) is 0. The lowest BCUT2D eigenvalue weighted by Crippen LogP contribution is -2.08. The van der Waals surface area contributed by atoms with Crippen LogP contribution in [0.2, 0.25) is 0 Å².